The number of carbonyl (C=O) groups excluding carboxylic acids is 11. The number of unbranched alkanes of at least 4 members (excludes halogenated alkanes) is 3. The molecule has 39 heteroatoms. The number of aliphatic carboxylic acids is 2. The Bertz CT molecular complexity index is 4580. The average molecular weight is 1760 g/mol. The van der Waals surface area contributed by atoms with Crippen LogP contribution in [-0.4, -0.2) is 219 Å². The number of carbonyl (C=O) groups is 13. The number of guanidine groups is 2. The molecule has 0 aliphatic carbocycles. The lowest BCUT2D eigenvalue weighted by molar-refractivity contribution is -0.142. The van der Waals surface area contributed by atoms with Crippen molar-refractivity contribution in [3.63, 3.8) is 0 Å². The largest absolute Gasteiger partial charge is 0.508 e. The normalized spacial score (nSPS) is 14.0. The van der Waals surface area contributed by atoms with Crippen LogP contribution in [0.3, 0.4) is 0 Å². The van der Waals surface area contributed by atoms with Gasteiger partial charge in [0.05, 0.1) is 6.04 Å². The number of carboxylic acid groups (broad SMARTS) is 2. The number of carboxylic acids is 2. The minimum atomic E-state index is -1.76. The monoisotopic (exact) mass is 1760 g/mol. The van der Waals surface area contributed by atoms with Gasteiger partial charge >= 0.3 is 11.9 Å². The first-order valence-corrected chi connectivity index (χ1v) is 42.7. The Morgan fingerprint density at radius 3 is 1.03 bits per heavy atom. The highest BCUT2D eigenvalue weighted by Crippen LogP contribution is 2.22. The lowest BCUT2D eigenvalue weighted by Gasteiger charge is -2.29. The van der Waals surface area contributed by atoms with Crippen LogP contribution in [0.1, 0.15) is 144 Å². The SMILES string of the molecule is CC(C)C[C@@H](NC(=O)[C@@H](N)CCCNC(=N)N)C(=O)N[C@H](Cc1ccc(O)cc1)C(=O)N[C@@H](Cc1ccccc1)C(=O)N[C@@H](CCCCN)C(=O)N[C@@H](CCC(=O)O)C(=O)N[C@H](CCCCN)C(=O)N[C@@H](CCCNC(=N)N)C(=O)N[C@H](Cc1c[nH]c2ccccc12)C(=O)N[C@@H](CCCCN)C(=O)N[C@H](Cc1ccccc1)C(=O)N[C@@H](Cc1ccc(O)cc1)C(=O)O. The summed E-state index contributed by atoms with van der Waals surface area (Å²) in [7, 11) is 0. The zero-order valence-corrected chi connectivity index (χ0v) is 71.7. The Balaban J connectivity index is 1.30. The second-order valence-corrected chi connectivity index (χ2v) is 31.7. The van der Waals surface area contributed by atoms with Crippen LogP contribution in [-0.2, 0) is 94.4 Å². The molecule has 5 aromatic carbocycles. The highest BCUT2D eigenvalue weighted by molar-refractivity contribution is 6.00. The van der Waals surface area contributed by atoms with Crippen molar-refractivity contribution >= 4 is 99.7 Å². The third-order valence-corrected chi connectivity index (χ3v) is 20.9. The van der Waals surface area contributed by atoms with E-state index in [1.807, 2.05) is 13.8 Å². The summed E-state index contributed by atoms with van der Waals surface area (Å²) in [4.78, 5) is 191. The number of phenolic OH excluding ortho intramolecular Hbond substituents is 2. The zero-order valence-electron chi connectivity index (χ0n) is 71.7. The lowest BCUT2D eigenvalue weighted by Crippen LogP contribution is -2.61. The Hall–Kier alpha value is -13.3. The molecule has 0 bridgehead atoms. The first kappa shape index (κ1) is 103. The molecule has 32 N–H and O–H groups in total. The zero-order chi connectivity index (χ0) is 92.9. The minimum absolute atomic E-state index is 0.0167. The fourth-order valence-corrected chi connectivity index (χ4v) is 14.0. The molecule has 0 saturated heterocycles. The van der Waals surface area contributed by atoms with Gasteiger partial charge in [0.2, 0.25) is 65.0 Å². The molecule has 127 heavy (non-hydrogen) atoms. The number of nitrogens with one attached hydrogen (secondary N) is 16. The van der Waals surface area contributed by atoms with Crippen LogP contribution in [0.15, 0.2) is 140 Å². The van der Waals surface area contributed by atoms with Gasteiger partial charge in [-0.15, -0.1) is 0 Å². The fraction of sp³-hybridized carbons (Fsp3) is 0.466. The number of rotatable bonds is 58. The average Bonchev–Trinajstić information content (AvgIpc) is 1.74. The first-order valence-electron chi connectivity index (χ1n) is 42.7. The smallest absolute Gasteiger partial charge is 0.326 e. The Kier molecular flexibility index (Phi) is 44.0. The van der Waals surface area contributed by atoms with Crippen molar-refractivity contribution < 1.29 is 82.8 Å². The van der Waals surface area contributed by atoms with Gasteiger partial charge in [0, 0.05) is 68.7 Å². The second-order valence-electron chi connectivity index (χ2n) is 31.7. The number of para-hydroxylation sites is 1. The van der Waals surface area contributed by atoms with Crippen molar-refractivity contribution in [3.05, 3.63) is 167 Å². The molecular formula is C88H126N22O17. The molecule has 0 unspecified atom stereocenters. The van der Waals surface area contributed by atoms with E-state index in [2.05, 4.69) is 74.1 Å². The second kappa shape index (κ2) is 54.5. The predicted molar refractivity (Wildman–Crippen MR) is 476 cm³/mol. The number of hydrogen-bond acceptors (Lipinski definition) is 21. The number of hydrogen-bond donors (Lipinski definition) is 26. The van der Waals surface area contributed by atoms with Crippen molar-refractivity contribution in [1.29, 1.82) is 10.8 Å². The van der Waals surface area contributed by atoms with E-state index in [1.165, 1.54) is 48.5 Å². The summed E-state index contributed by atoms with van der Waals surface area (Å²) in [6, 6.07) is 17.8. The van der Waals surface area contributed by atoms with Crippen LogP contribution in [0.4, 0.5) is 0 Å². The number of aromatic nitrogens is 1. The van der Waals surface area contributed by atoms with Gasteiger partial charge in [-0.3, -0.25) is 68.4 Å². The summed E-state index contributed by atoms with van der Waals surface area (Å²) >= 11 is 0. The molecule has 0 aliphatic heterocycles. The summed E-state index contributed by atoms with van der Waals surface area (Å²) in [6.45, 7) is 4.30. The molecule has 0 aliphatic rings. The van der Waals surface area contributed by atoms with Crippen LogP contribution < -0.4 is 104 Å². The molecule has 0 fully saturated rings. The van der Waals surface area contributed by atoms with E-state index in [9.17, 15) is 63.6 Å². The molecule has 39 nitrogen and oxygen atoms in total. The third kappa shape index (κ3) is 37.2. The number of phenols is 2. The summed E-state index contributed by atoms with van der Waals surface area (Å²) < 4.78 is 0. The van der Waals surface area contributed by atoms with Crippen molar-refractivity contribution in [1.82, 2.24) is 74.1 Å². The predicted octanol–water partition coefficient (Wildman–Crippen LogP) is -0.338. The molecule has 6 aromatic rings. The maximum absolute atomic E-state index is 15.3. The van der Waals surface area contributed by atoms with Crippen LogP contribution in [0.2, 0.25) is 0 Å². The minimum Gasteiger partial charge on any atom is -0.508 e. The number of H-pyrrole nitrogens is 1. The Labute approximate surface area is 737 Å². The highest BCUT2D eigenvalue weighted by atomic mass is 16.4. The molecule has 1 aromatic heterocycles. The number of aromatic hydroxyl groups is 2. The van der Waals surface area contributed by atoms with Crippen molar-refractivity contribution in [2.75, 3.05) is 32.7 Å². The van der Waals surface area contributed by atoms with E-state index in [-0.39, 0.29) is 152 Å². The van der Waals surface area contributed by atoms with E-state index in [0.717, 1.165) is 0 Å². The molecule has 0 radical (unpaired) electrons. The van der Waals surface area contributed by atoms with Crippen LogP contribution in [0.25, 0.3) is 10.9 Å². The van der Waals surface area contributed by atoms with E-state index < -0.39 is 168 Å². The van der Waals surface area contributed by atoms with Crippen molar-refractivity contribution in [3.8, 4) is 11.5 Å². The molecule has 12 atom stereocenters. The van der Waals surface area contributed by atoms with Crippen LogP contribution in [0, 0.1) is 16.7 Å². The summed E-state index contributed by atoms with van der Waals surface area (Å²) in [5, 5.41) is 91.5. The third-order valence-electron chi connectivity index (χ3n) is 20.9. The molecule has 690 valence electrons. The number of amides is 11. The van der Waals surface area contributed by atoms with E-state index >= 15 is 19.2 Å². The Morgan fingerprint density at radius 2 is 0.661 bits per heavy atom. The maximum atomic E-state index is 15.3. The molecule has 0 saturated carbocycles. The molecule has 1 heterocycles. The summed E-state index contributed by atoms with van der Waals surface area (Å²) in [5.74, 6) is -13.8. The van der Waals surface area contributed by atoms with Crippen LogP contribution in [0.5, 0.6) is 11.5 Å². The summed E-state index contributed by atoms with van der Waals surface area (Å²) in [6.07, 6.45) is 0.934. The van der Waals surface area contributed by atoms with E-state index in [4.69, 9.17) is 45.2 Å². The maximum Gasteiger partial charge on any atom is 0.326 e. The summed E-state index contributed by atoms with van der Waals surface area (Å²) in [5.41, 5.74) is 38.3. The molecule has 0 spiro atoms. The first-order chi connectivity index (χ1) is 60.7. The van der Waals surface area contributed by atoms with Gasteiger partial charge in [-0.2, -0.15) is 0 Å². The van der Waals surface area contributed by atoms with Gasteiger partial charge in [-0.25, -0.2) is 4.79 Å². The highest BCUT2D eigenvalue weighted by Gasteiger charge is 2.38. The van der Waals surface area contributed by atoms with Gasteiger partial charge < -0.3 is 129 Å². The van der Waals surface area contributed by atoms with Gasteiger partial charge in [0.1, 0.15) is 78.0 Å². The molecular weight excluding hydrogens is 1640 g/mol. The van der Waals surface area contributed by atoms with E-state index in [1.54, 1.807) is 91.1 Å². The number of aromatic amines is 1. The molecule has 6 rings (SSSR count). The van der Waals surface area contributed by atoms with Crippen molar-refractivity contribution in [2.24, 2.45) is 40.3 Å². The topological polar surface area (TPSA) is 679 Å². The fourth-order valence-electron chi connectivity index (χ4n) is 14.0. The van der Waals surface area contributed by atoms with E-state index in [0.29, 0.717) is 64.4 Å². The van der Waals surface area contributed by atoms with Gasteiger partial charge in [0.15, 0.2) is 11.9 Å². The number of benzene rings is 5. The lowest BCUT2D eigenvalue weighted by atomic mass is 9.99. The standard InChI is InChI=1S/C88H126N22O17/c1-52(2)45-68(105-75(115)61(92)24-17-43-97-87(93)94)81(121)107-71(48-55-30-34-58(111)35-31-55)83(123)108-69(46-53-19-5-3-6-20-53)82(122)102-64(27-12-15-41-90)77(117)104-67(38-39-74(113)114)80(120)100-63(26-11-14-40-89)76(116)101-66(29-18-44-98-88(95)96)79(119)109-72(50-57-51-99-62-25-10-9-23-60(57)62)85(125)103-65(28-13-16-42-91)78(118)106-70(47-54-21-7-4-8-22-54)84(124)110-73(86(126)127)49-56-32-36-59(112)37-33-56/h3-10,19-23,25,30-37,51-52,61,63-73,99,111-112H,11-18,24,26-29,38-50,89-92H2,1-2H3,(H,100,120)(H,101,116)(H,102,122)(H,103,125)(H,104,117)(H,105,115)(H,106,118)(H,107,121)(H,108,123)(H,109,119)(H,110,124)(H,113,114)(H,126,127)(H4,93,94,97)(H4,95,96,98)/t61-,63+,64-,65-,66-,67-,68+,69-,70+,71+,72+,73-/m0/s1. The molecule has 11 amide bonds. The van der Waals surface area contributed by atoms with Crippen molar-refractivity contribution in [2.45, 2.75) is 221 Å². The quantitative estimate of drug-likeness (QED) is 0.0132. The van der Waals surface area contributed by atoms with Gasteiger partial charge in [-0.1, -0.05) is 117 Å². The van der Waals surface area contributed by atoms with Crippen LogP contribution >= 0.6 is 0 Å². The van der Waals surface area contributed by atoms with Gasteiger partial charge in [-0.05, 0) is 180 Å². The Morgan fingerprint density at radius 1 is 0.354 bits per heavy atom. The number of fused-ring (bicyclic) bond motifs is 1. The van der Waals surface area contributed by atoms with Gasteiger partial charge in [0.25, 0.3) is 0 Å². The number of nitrogens with two attached hydrogens (primary N) is 6.